The summed E-state index contributed by atoms with van der Waals surface area (Å²) in [6.45, 7) is 4.04. The molecule has 42 heavy (non-hydrogen) atoms. The Morgan fingerprint density at radius 1 is 0.929 bits per heavy atom. The lowest BCUT2D eigenvalue weighted by atomic mass is 10.0. The Kier molecular flexibility index (Phi) is 11.2. The monoisotopic (exact) mass is 603 g/mol. The van der Waals surface area contributed by atoms with Crippen LogP contribution in [0, 0.1) is 6.92 Å². The third-order valence-electron chi connectivity index (χ3n) is 6.71. The number of anilines is 1. The fourth-order valence-electron chi connectivity index (χ4n) is 4.58. The topological polar surface area (TPSA) is 86.8 Å². The van der Waals surface area contributed by atoms with Crippen LogP contribution in [0.5, 0.6) is 0 Å². The van der Waals surface area contributed by atoms with E-state index in [1.54, 1.807) is 6.92 Å². The molecule has 3 rings (SSSR count). The maximum atomic E-state index is 13.7. The van der Waals surface area contributed by atoms with Crippen molar-refractivity contribution in [3.8, 4) is 0 Å². The molecular formula is C31H36F3N3O4S. The first-order valence-corrected chi connectivity index (χ1v) is 15.5. The van der Waals surface area contributed by atoms with Gasteiger partial charge in [-0.1, -0.05) is 66.2 Å². The number of rotatable bonds is 13. The number of carbonyl (C=O) groups is 2. The number of likely N-dealkylation sites (N-methyl/N-ethyl adjacent to an activating group) is 1. The Balaban J connectivity index is 1.87. The van der Waals surface area contributed by atoms with Gasteiger partial charge in [0, 0.05) is 32.5 Å². The van der Waals surface area contributed by atoms with E-state index in [-0.39, 0.29) is 49.9 Å². The summed E-state index contributed by atoms with van der Waals surface area (Å²) in [6, 6.07) is 20.1. The Morgan fingerprint density at radius 3 is 2.19 bits per heavy atom. The summed E-state index contributed by atoms with van der Waals surface area (Å²) >= 11 is 0. The second-order valence-corrected chi connectivity index (χ2v) is 12.0. The van der Waals surface area contributed by atoms with E-state index in [0.717, 1.165) is 45.5 Å². The van der Waals surface area contributed by atoms with Gasteiger partial charge in [-0.3, -0.25) is 13.9 Å². The molecule has 7 nitrogen and oxygen atoms in total. The van der Waals surface area contributed by atoms with E-state index in [9.17, 15) is 31.2 Å². The van der Waals surface area contributed by atoms with Crippen molar-refractivity contribution in [2.75, 3.05) is 23.7 Å². The molecule has 0 heterocycles. The van der Waals surface area contributed by atoms with Gasteiger partial charge in [0.1, 0.15) is 6.04 Å². The van der Waals surface area contributed by atoms with E-state index in [4.69, 9.17) is 0 Å². The number of hydrogen-bond donors (Lipinski definition) is 1. The average molecular weight is 604 g/mol. The van der Waals surface area contributed by atoms with Crippen molar-refractivity contribution >= 4 is 27.5 Å². The predicted octanol–water partition coefficient (Wildman–Crippen LogP) is 5.34. The molecule has 0 aliphatic carbocycles. The molecule has 0 saturated carbocycles. The van der Waals surface area contributed by atoms with Crippen molar-refractivity contribution in [1.29, 1.82) is 0 Å². The van der Waals surface area contributed by atoms with Crippen LogP contribution in [-0.2, 0) is 38.8 Å². The molecule has 0 spiro atoms. The van der Waals surface area contributed by atoms with Gasteiger partial charge >= 0.3 is 6.18 Å². The number of nitrogens with zero attached hydrogens (tertiary/aromatic N) is 2. The van der Waals surface area contributed by atoms with Crippen LogP contribution in [0.3, 0.4) is 0 Å². The van der Waals surface area contributed by atoms with E-state index in [1.165, 1.54) is 11.0 Å². The Morgan fingerprint density at radius 2 is 1.60 bits per heavy atom. The fourth-order valence-corrected chi connectivity index (χ4v) is 5.53. The minimum atomic E-state index is -4.64. The van der Waals surface area contributed by atoms with Crippen LogP contribution in [-0.4, -0.2) is 50.5 Å². The number of halogens is 3. The molecule has 0 aliphatic rings. The van der Waals surface area contributed by atoms with Crippen molar-refractivity contribution in [3.63, 3.8) is 0 Å². The molecule has 0 aliphatic heterocycles. The van der Waals surface area contributed by atoms with Crippen molar-refractivity contribution < 1.29 is 31.2 Å². The number of nitrogens with one attached hydrogen (secondary N) is 1. The predicted molar refractivity (Wildman–Crippen MR) is 157 cm³/mol. The van der Waals surface area contributed by atoms with Gasteiger partial charge in [-0.25, -0.2) is 8.42 Å². The number of hydrogen-bond acceptors (Lipinski definition) is 4. The summed E-state index contributed by atoms with van der Waals surface area (Å²) < 4.78 is 65.8. The second-order valence-electron chi connectivity index (χ2n) is 10.1. The standard InChI is InChI=1S/C31H36F3N3O4S/c1-4-35-30(39)28(20-24-10-6-5-7-11-24)36(22-25-17-15-23(2)16-18-25)29(38)14-9-19-37(42(3,40)41)27-13-8-12-26(21-27)31(32,33)34/h5-8,10-13,15-18,21,28H,4,9,14,19-20,22H2,1-3H3,(H,35,39). The first-order chi connectivity index (χ1) is 19.8. The zero-order chi connectivity index (χ0) is 30.9. The number of alkyl halides is 3. The van der Waals surface area contributed by atoms with Crippen molar-refractivity contribution in [3.05, 3.63) is 101 Å². The third-order valence-corrected chi connectivity index (χ3v) is 7.90. The van der Waals surface area contributed by atoms with Crippen LogP contribution in [0.4, 0.5) is 18.9 Å². The van der Waals surface area contributed by atoms with Crippen LogP contribution in [0.1, 0.15) is 42.0 Å². The summed E-state index contributed by atoms with van der Waals surface area (Å²) in [4.78, 5) is 28.5. The van der Waals surface area contributed by atoms with Gasteiger partial charge in [0.2, 0.25) is 21.8 Å². The van der Waals surface area contributed by atoms with Gasteiger partial charge in [0.25, 0.3) is 0 Å². The van der Waals surface area contributed by atoms with Gasteiger partial charge in [-0.05, 0) is 49.6 Å². The minimum Gasteiger partial charge on any atom is -0.355 e. The number of benzene rings is 3. The van der Waals surface area contributed by atoms with Gasteiger partial charge in [0.15, 0.2) is 0 Å². The molecule has 1 N–H and O–H groups in total. The molecular weight excluding hydrogens is 567 g/mol. The van der Waals surface area contributed by atoms with E-state index in [2.05, 4.69) is 5.32 Å². The lowest BCUT2D eigenvalue weighted by Crippen LogP contribution is -2.50. The largest absolute Gasteiger partial charge is 0.416 e. The van der Waals surface area contributed by atoms with Crippen LogP contribution >= 0.6 is 0 Å². The normalized spacial score (nSPS) is 12.4. The molecule has 1 atom stereocenters. The SMILES string of the molecule is CCNC(=O)C(Cc1ccccc1)N(Cc1ccc(C)cc1)C(=O)CCCN(c1cccc(C(F)(F)F)c1)S(C)(=O)=O. The van der Waals surface area contributed by atoms with Crippen LogP contribution in [0.15, 0.2) is 78.9 Å². The number of carbonyl (C=O) groups excluding carboxylic acids is 2. The number of sulfonamides is 1. The van der Waals surface area contributed by atoms with Gasteiger partial charge in [-0.15, -0.1) is 0 Å². The lowest BCUT2D eigenvalue weighted by molar-refractivity contribution is -0.141. The first-order valence-electron chi connectivity index (χ1n) is 13.6. The van der Waals surface area contributed by atoms with Crippen LogP contribution < -0.4 is 9.62 Å². The third kappa shape index (κ3) is 9.34. The minimum absolute atomic E-state index is 0.0278. The molecule has 0 fully saturated rings. The zero-order valence-corrected chi connectivity index (χ0v) is 24.7. The van der Waals surface area contributed by atoms with Crippen molar-refractivity contribution in [2.24, 2.45) is 0 Å². The van der Waals surface area contributed by atoms with Gasteiger partial charge < -0.3 is 10.2 Å². The molecule has 1 unspecified atom stereocenters. The maximum absolute atomic E-state index is 13.7. The Labute approximate surface area is 245 Å². The van der Waals surface area contributed by atoms with Crippen LogP contribution in [0.2, 0.25) is 0 Å². The zero-order valence-electron chi connectivity index (χ0n) is 23.9. The Hall–Kier alpha value is -3.86. The van der Waals surface area contributed by atoms with E-state index in [1.807, 2.05) is 61.5 Å². The summed E-state index contributed by atoms with van der Waals surface area (Å²) in [6.07, 6.45) is -3.56. The lowest BCUT2D eigenvalue weighted by Gasteiger charge is -2.32. The van der Waals surface area contributed by atoms with Crippen LogP contribution in [0.25, 0.3) is 0 Å². The van der Waals surface area contributed by atoms with E-state index < -0.39 is 27.8 Å². The molecule has 3 aromatic rings. The molecule has 11 heteroatoms. The van der Waals surface area contributed by atoms with Crippen molar-refractivity contribution in [1.82, 2.24) is 10.2 Å². The van der Waals surface area contributed by atoms with Crippen molar-refractivity contribution in [2.45, 2.75) is 51.9 Å². The average Bonchev–Trinajstić information content (AvgIpc) is 2.93. The molecule has 0 bridgehead atoms. The van der Waals surface area contributed by atoms with E-state index >= 15 is 0 Å². The summed E-state index contributed by atoms with van der Waals surface area (Å²) in [5, 5.41) is 2.82. The molecule has 0 saturated heterocycles. The molecule has 3 aromatic carbocycles. The second kappa shape index (κ2) is 14.4. The number of aryl methyl sites for hydroxylation is 1. The fraction of sp³-hybridized carbons (Fsp3) is 0.355. The first kappa shape index (κ1) is 32.7. The molecule has 0 radical (unpaired) electrons. The highest BCUT2D eigenvalue weighted by atomic mass is 32.2. The van der Waals surface area contributed by atoms with Gasteiger partial charge in [-0.2, -0.15) is 13.2 Å². The van der Waals surface area contributed by atoms with Gasteiger partial charge in [0.05, 0.1) is 17.5 Å². The summed E-state index contributed by atoms with van der Waals surface area (Å²) in [7, 11) is -3.95. The highest BCUT2D eigenvalue weighted by molar-refractivity contribution is 7.92. The summed E-state index contributed by atoms with van der Waals surface area (Å²) in [5.74, 6) is -0.691. The summed E-state index contributed by atoms with van der Waals surface area (Å²) in [5.41, 5.74) is 1.61. The Bertz CT molecular complexity index is 1450. The molecule has 226 valence electrons. The molecule has 0 aromatic heterocycles. The number of amides is 2. The highest BCUT2D eigenvalue weighted by Gasteiger charge is 2.32. The maximum Gasteiger partial charge on any atom is 0.416 e. The molecule has 2 amide bonds. The van der Waals surface area contributed by atoms with E-state index in [0.29, 0.717) is 6.54 Å². The highest BCUT2D eigenvalue weighted by Crippen LogP contribution is 2.32. The smallest absolute Gasteiger partial charge is 0.355 e. The quantitative estimate of drug-likeness (QED) is 0.286.